The molecule has 1 unspecified atom stereocenters. The molecule has 0 amide bonds. The van der Waals surface area contributed by atoms with Crippen LogP contribution in [-0.2, 0) is 0 Å². The fraction of sp³-hybridized carbons (Fsp3) is 0.750. The highest BCUT2D eigenvalue weighted by atomic mass is 32.2. The molecule has 0 bridgehead atoms. The molecule has 1 heterocycles. The molecule has 0 aromatic carbocycles. The van der Waals surface area contributed by atoms with Crippen molar-refractivity contribution in [2.75, 3.05) is 23.4 Å². The lowest BCUT2D eigenvalue weighted by molar-refractivity contribution is 0.482. The van der Waals surface area contributed by atoms with Crippen molar-refractivity contribution in [2.24, 2.45) is 0 Å². The Kier molecular flexibility index (Phi) is 6.38. The molecular weight excluding hydrogens is 218 g/mol. The average molecular weight is 241 g/mol. The van der Waals surface area contributed by atoms with E-state index in [2.05, 4.69) is 41.9 Å². The summed E-state index contributed by atoms with van der Waals surface area (Å²) in [6.45, 7) is 7.63. The summed E-state index contributed by atoms with van der Waals surface area (Å²) in [6, 6.07) is 2.53. The van der Waals surface area contributed by atoms with Gasteiger partial charge in [0.25, 0.3) is 0 Å². The van der Waals surface area contributed by atoms with Gasteiger partial charge < -0.3 is 5.32 Å². The zero-order valence-electron chi connectivity index (χ0n) is 10.6. The quantitative estimate of drug-likeness (QED) is 0.707. The van der Waals surface area contributed by atoms with Gasteiger partial charge in [-0.1, -0.05) is 13.8 Å². The Labute approximate surface area is 103 Å². The molecule has 0 aliphatic heterocycles. The Balaban J connectivity index is 2.33. The van der Waals surface area contributed by atoms with Crippen LogP contribution < -0.4 is 5.32 Å². The Morgan fingerprint density at radius 1 is 1.50 bits per heavy atom. The van der Waals surface area contributed by atoms with Crippen molar-refractivity contribution >= 4 is 17.6 Å². The number of nitrogens with one attached hydrogen (secondary N) is 1. The van der Waals surface area contributed by atoms with Gasteiger partial charge >= 0.3 is 0 Å². The third-order valence-electron chi connectivity index (χ3n) is 2.65. The highest BCUT2D eigenvalue weighted by Gasteiger charge is 2.06. The molecule has 0 aliphatic rings. The lowest BCUT2D eigenvalue weighted by Crippen LogP contribution is -2.12. The summed E-state index contributed by atoms with van der Waals surface area (Å²) in [7, 11) is 0. The first-order valence-corrected chi connectivity index (χ1v) is 7.30. The summed E-state index contributed by atoms with van der Waals surface area (Å²) < 4.78 is 2.08. The number of anilines is 1. The second-order valence-electron chi connectivity index (χ2n) is 3.90. The van der Waals surface area contributed by atoms with E-state index in [4.69, 9.17) is 0 Å². The SMILES string of the molecule is CCSCCCNc1ccnn1C(C)CC. The van der Waals surface area contributed by atoms with E-state index < -0.39 is 0 Å². The van der Waals surface area contributed by atoms with Crippen LogP contribution in [0.5, 0.6) is 0 Å². The Morgan fingerprint density at radius 2 is 2.31 bits per heavy atom. The Bertz CT molecular complexity index is 286. The van der Waals surface area contributed by atoms with Crippen LogP contribution in [0, 0.1) is 0 Å². The molecule has 0 fully saturated rings. The topological polar surface area (TPSA) is 29.9 Å². The van der Waals surface area contributed by atoms with Crippen molar-refractivity contribution in [3.05, 3.63) is 12.3 Å². The summed E-state index contributed by atoms with van der Waals surface area (Å²) in [4.78, 5) is 0. The molecule has 0 radical (unpaired) electrons. The third-order valence-corrected chi connectivity index (χ3v) is 3.64. The normalized spacial score (nSPS) is 12.7. The molecule has 3 nitrogen and oxygen atoms in total. The summed E-state index contributed by atoms with van der Waals surface area (Å²) in [6.07, 6.45) is 4.20. The molecule has 1 rings (SSSR count). The van der Waals surface area contributed by atoms with Gasteiger partial charge in [-0.15, -0.1) is 0 Å². The van der Waals surface area contributed by atoms with Gasteiger partial charge in [0.05, 0.1) is 12.2 Å². The molecule has 0 saturated carbocycles. The second kappa shape index (κ2) is 7.60. The smallest absolute Gasteiger partial charge is 0.124 e. The molecule has 92 valence electrons. The first kappa shape index (κ1) is 13.4. The predicted molar refractivity (Wildman–Crippen MR) is 73.3 cm³/mol. The largest absolute Gasteiger partial charge is 0.370 e. The first-order chi connectivity index (χ1) is 7.79. The first-order valence-electron chi connectivity index (χ1n) is 6.14. The lowest BCUT2D eigenvalue weighted by Gasteiger charge is -2.14. The van der Waals surface area contributed by atoms with E-state index in [0.29, 0.717) is 6.04 Å². The molecule has 1 atom stereocenters. The maximum atomic E-state index is 4.35. The lowest BCUT2D eigenvalue weighted by atomic mass is 10.3. The van der Waals surface area contributed by atoms with E-state index in [9.17, 15) is 0 Å². The minimum absolute atomic E-state index is 0.475. The van der Waals surface area contributed by atoms with Crippen molar-refractivity contribution < 1.29 is 0 Å². The van der Waals surface area contributed by atoms with E-state index in [1.165, 1.54) is 17.9 Å². The van der Waals surface area contributed by atoms with Crippen LogP contribution >= 0.6 is 11.8 Å². The predicted octanol–water partition coefficient (Wildman–Crippen LogP) is 3.41. The van der Waals surface area contributed by atoms with Gasteiger partial charge in [0, 0.05) is 12.6 Å². The van der Waals surface area contributed by atoms with E-state index in [1.807, 2.05) is 18.0 Å². The van der Waals surface area contributed by atoms with Crippen LogP contribution in [0.1, 0.15) is 39.7 Å². The van der Waals surface area contributed by atoms with Crippen LogP contribution in [-0.4, -0.2) is 27.8 Å². The highest BCUT2D eigenvalue weighted by Crippen LogP contribution is 2.16. The minimum Gasteiger partial charge on any atom is -0.370 e. The number of nitrogens with zero attached hydrogens (tertiary/aromatic N) is 2. The van der Waals surface area contributed by atoms with Gasteiger partial charge in [0.2, 0.25) is 0 Å². The van der Waals surface area contributed by atoms with Crippen LogP contribution in [0.2, 0.25) is 0 Å². The molecular formula is C12H23N3S. The van der Waals surface area contributed by atoms with Gasteiger partial charge in [0.1, 0.15) is 5.82 Å². The van der Waals surface area contributed by atoms with E-state index >= 15 is 0 Å². The Morgan fingerprint density at radius 3 is 3.00 bits per heavy atom. The number of thioether (sulfide) groups is 1. The number of hydrogen-bond donors (Lipinski definition) is 1. The van der Waals surface area contributed by atoms with Crippen molar-refractivity contribution in [1.29, 1.82) is 0 Å². The molecule has 0 spiro atoms. The molecule has 0 saturated heterocycles. The number of hydrogen-bond acceptors (Lipinski definition) is 3. The van der Waals surface area contributed by atoms with Gasteiger partial charge in [-0.2, -0.15) is 16.9 Å². The second-order valence-corrected chi connectivity index (χ2v) is 5.29. The van der Waals surface area contributed by atoms with Gasteiger partial charge in [-0.3, -0.25) is 0 Å². The van der Waals surface area contributed by atoms with Gasteiger partial charge in [-0.05, 0) is 31.3 Å². The third kappa shape index (κ3) is 4.08. The van der Waals surface area contributed by atoms with Crippen molar-refractivity contribution in [2.45, 2.75) is 39.7 Å². The van der Waals surface area contributed by atoms with Gasteiger partial charge in [-0.25, -0.2) is 4.68 Å². The molecule has 1 aromatic heterocycles. The standard InChI is InChI=1S/C12H23N3S/c1-4-11(3)15-12(7-9-14-15)13-8-6-10-16-5-2/h7,9,11,13H,4-6,8,10H2,1-3H3. The molecule has 1 aromatic rings. The number of rotatable bonds is 8. The molecule has 16 heavy (non-hydrogen) atoms. The maximum absolute atomic E-state index is 4.35. The summed E-state index contributed by atoms with van der Waals surface area (Å²) in [5.74, 6) is 3.60. The van der Waals surface area contributed by atoms with Crippen molar-refractivity contribution in [3.8, 4) is 0 Å². The van der Waals surface area contributed by atoms with Crippen molar-refractivity contribution in [1.82, 2.24) is 9.78 Å². The Hall–Kier alpha value is -0.640. The van der Waals surface area contributed by atoms with E-state index in [-0.39, 0.29) is 0 Å². The van der Waals surface area contributed by atoms with Crippen LogP contribution in [0.15, 0.2) is 12.3 Å². The summed E-state index contributed by atoms with van der Waals surface area (Å²) >= 11 is 2.00. The fourth-order valence-corrected chi connectivity index (χ4v) is 2.15. The van der Waals surface area contributed by atoms with E-state index in [0.717, 1.165) is 18.8 Å². The fourth-order valence-electron chi connectivity index (χ4n) is 1.51. The maximum Gasteiger partial charge on any atom is 0.124 e. The minimum atomic E-state index is 0.475. The zero-order valence-corrected chi connectivity index (χ0v) is 11.4. The molecule has 4 heteroatoms. The monoisotopic (exact) mass is 241 g/mol. The van der Waals surface area contributed by atoms with Crippen LogP contribution in [0.4, 0.5) is 5.82 Å². The zero-order chi connectivity index (χ0) is 11.8. The molecule has 0 aliphatic carbocycles. The van der Waals surface area contributed by atoms with E-state index in [1.54, 1.807) is 0 Å². The molecule has 1 N–H and O–H groups in total. The summed E-state index contributed by atoms with van der Waals surface area (Å²) in [5.41, 5.74) is 0. The highest BCUT2D eigenvalue weighted by molar-refractivity contribution is 7.99. The van der Waals surface area contributed by atoms with Crippen molar-refractivity contribution in [3.63, 3.8) is 0 Å². The van der Waals surface area contributed by atoms with Gasteiger partial charge in [0.15, 0.2) is 0 Å². The van der Waals surface area contributed by atoms with Crippen LogP contribution in [0.25, 0.3) is 0 Å². The van der Waals surface area contributed by atoms with Crippen LogP contribution in [0.3, 0.4) is 0 Å². The number of aromatic nitrogens is 2. The average Bonchev–Trinajstić information content (AvgIpc) is 2.76. The summed E-state index contributed by atoms with van der Waals surface area (Å²) in [5, 5.41) is 7.81.